The van der Waals surface area contributed by atoms with Crippen molar-refractivity contribution in [2.24, 2.45) is 0 Å². The molecule has 0 heterocycles. The van der Waals surface area contributed by atoms with Crippen LogP contribution in [0.4, 0.5) is 0 Å². The maximum Gasteiger partial charge on any atom is 0.119 e. The maximum atomic E-state index is 9.06. The predicted octanol–water partition coefficient (Wildman–Crippen LogP) is 2.49. The van der Waals surface area contributed by atoms with E-state index in [1.54, 1.807) is 0 Å². The van der Waals surface area contributed by atoms with Gasteiger partial charge in [0.25, 0.3) is 0 Å². The molecule has 1 rings (SSSR count). The summed E-state index contributed by atoms with van der Waals surface area (Å²) in [6, 6.07) is 6.10. The van der Waals surface area contributed by atoms with Gasteiger partial charge in [0.2, 0.25) is 0 Å². The number of ether oxygens (including phenoxy) is 1. The van der Waals surface area contributed by atoms with E-state index < -0.39 is 0 Å². The van der Waals surface area contributed by atoms with Crippen LogP contribution in [0.1, 0.15) is 30.9 Å². The van der Waals surface area contributed by atoms with Crippen molar-refractivity contribution >= 4 is 0 Å². The van der Waals surface area contributed by atoms with Gasteiger partial charge in [-0.25, -0.2) is 0 Å². The van der Waals surface area contributed by atoms with E-state index in [1.165, 1.54) is 5.56 Å². The molecule has 1 atom stereocenters. The zero-order chi connectivity index (χ0) is 10.6. The fraction of sp³-hybridized carbons (Fsp3) is 0.500. The first-order chi connectivity index (χ1) is 6.67. The zero-order valence-corrected chi connectivity index (χ0v) is 9.08. The van der Waals surface area contributed by atoms with Gasteiger partial charge in [0.1, 0.15) is 5.75 Å². The third kappa shape index (κ3) is 2.74. The minimum absolute atomic E-state index is 0.175. The normalized spacial score (nSPS) is 12.6. The van der Waals surface area contributed by atoms with Crippen LogP contribution in [-0.2, 0) is 0 Å². The second-order valence-corrected chi connectivity index (χ2v) is 3.60. The van der Waals surface area contributed by atoms with Crippen LogP contribution in [0.15, 0.2) is 18.2 Å². The lowest BCUT2D eigenvalue weighted by atomic mass is 10.00. The van der Waals surface area contributed by atoms with Crippen molar-refractivity contribution in [1.82, 2.24) is 0 Å². The molecule has 78 valence electrons. The third-order valence-corrected chi connectivity index (χ3v) is 2.23. The van der Waals surface area contributed by atoms with Crippen LogP contribution in [0.3, 0.4) is 0 Å². The van der Waals surface area contributed by atoms with Gasteiger partial charge in [-0.2, -0.15) is 0 Å². The molecule has 1 unspecified atom stereocenters. The van der Waals surface area contributed by atoms with Crippen LogP contribution in [-0.4, -0.2) is 18.3 Å². The van der Waals surface area contributed by atoms with Crippen LogP contribution >= 0.6 is 0 Å². The Kier molecular flexibility index (Phi) is 3.96. The minimum Gasteiger partial charge on any atom is -0.494 e. The monoisotopic (exact) mass is 194 g/mol. The SMILES string of the molecule is CCOc1cc(C)cc(C(C)CO)c1. The standard InChI is InChI=1S/C12H18O2/c1-4-14-12-6-9(2)5-11(7-12)10(3)8-13/h5-7,10,13H,4,8H2,1-3H3. The van der Waals surface area contributed by atoms with E-state index in [0.29, 0.717) is 6.61 Å². The van der Waals surface area contributed by atoms with Crippen LogP contribution in [0, 0.1) is 6.92 Å². The van der Waals surface area contributed by atoms with Gasteiger partial charge in [-0.05, 0) is 37.1 Å². The lowest BCUT2D eigenvalue weighted by Gasteiger charge is -2.12. The molecule has 0 aromatic heterocycles. The lowest BCUT2D eigenvalue weighted by molar-refractivity contribution is 0.272. The molecule has 0 saturated carbocycles. The molecule has 1 aromatic rings. The van der Waals surface area contributed by atoms with E-state index in [4.69, 9.17) is 9.84 Å². The number of hydrogen-bond donors (Lipinski definition) is 1. The quantitative estimate of drug-likeness (QED) is 0.798. The Morgan fingerprint density at radius 3 is 2.64 bits per heavy atom. The second kappa shape index (κ2) is 5.01. The first-order valence-electron chi connectivity index (χ1n) is 5.02. The summed E-state index contributed by atoms with van der Waals surface area (Å²) in [6.07, 6.45) is 0. The summed E-state index contributed by atoms with van der Waals surface area (Å²) in [5.74, 6) is 1.07. The van der Waals surface area contributed by atoms with Gasteiger partial charge < -0.3 is 9.84 Å². The minimum atomic E-state index is 0.175. The fourth-order valence-electron chi connectivity index (χ4n) is 1.42. The van der Waals surface area contributed by atoms with Crippen molar-refractivity contribution in [3.05, 3.63) is 29.3 Å². The van der Waals surface area contributed by atoms with Crippen molar-refractivity contribution in [1.29, 1.82) is 0 Å². The average Bonchev–Trinajstić information content (AvgIpc) is 2.16. The van der Waals surface area contributed by atoms with E-state index in [9.17, 15) is 0 Å². The topological polar surface area (TPSA) is 29.5 Å². The molecule has 1 N–H and O–H groups in total. The summed E-state index contributed by atoms with van der Waals surface area (Å²) in [5.41, 5.74) is 2.31. The van der Waals surface area contributed by atoms with Gasteiger partial charge in [-0.3, -0.25) is 0 Å². The van der Waals surface area contributed by atoms with Crippen molar-refractivity contribution in [3.8, 4) is 5.75 Å². The number of aryl methyl sites for hydroxylation is 1. The largest absolute Gasteiger partial charge is 0.494 e. The van der Waals surface area contributed by atoms with E-state index >= 15 is 0 Å². The van der Waals surface area contributed by atoms with Crippen molar-refractivity contribution in [2.75, 3.05) is 13.2 Å². The molecule has 14 heavy (non-hydrogen) atoms. The number of aliphatic hydroxyl groups excluding tert-OH is 1. The molecule has 0 saturated heterocycles. The molecule has 0 spiro atoms. The zero-order valence-electron chi connectivity index (χ0n) is 9.08. The van der Waals surface area contributed by atoms with Gasteiger partial charge in [0, 0.05) is 12.5 Å². The first-order valence-corrected chi connectivity index (χ1v) is 5.02. The molecule has 0 amide bonds. The number of aliphatic hydroxyl groups is 1. The molecule has 0 aliphatic rings. The summed E-state index contributed by atoms with van der Waals surface area (Å²) in [7, 11) is 0. The number of benzene rings is 1. The summed E-state index contributed by atoms with van der Waals surface area (Å²) < 4.78 is 5.44. The molecular formula is C12H18O2. The van der Waals surface area contributed by atoms with Gasteiger partial charge in [-0.15, -0.1) is 0 Å². The third-order valence-electron chi connectivity index (χ3n) is 2.23. The summed E-state index contributed by atoms with van der Waals surface area (Å²) >= 11 is 0. The maximum absolute atomic E-state index is 9.06. The Labute approximate surface area is 85.5 Å². The van der Waals surface area contributed by atoms with E-state index in [0.717, 1.165) is 11.3 Å². The van der Waals surface area contributed by atoms with Crippen LogP contribution < -0.4 is 4.74 Å². The molecule has 0 fully saturated rings. The molecule has 0 aliphatic heterocycles. The van der Waals surface area contributed by atoms with Crippen molar-refractivity contribution in [2.45, 2.75) is 26.7 Å². The summed E-state index contributed by atoms with van der Waals surface area (Å²) in [6.45, 7) is 6.86. The molecule has 0 bridgehead atoms. The summed E-state index contributed by atoms with van der Waals surface area (Å²) in [4.78, 5) is 0. The molecule has 2 nitrogen and oxygen atoms in total. The van der Waals surface area contributed by atoms with Gasteiger partial charge >= 0.3 is 0 Å². The highest BCUT2D eigenvalue weighted by Crippen LogP contribution is 2.22. The number of rotatable bonds is 4. The molecule has 1 aromatic carbocycles. The first kappa shape index (κ1) is 11.1. The average molecular weight is 194 g/mol. The Morgan fingerprint density at radius 1 is 1.36 bits per heavy atom. The van der Waals surface area contributed by atoms with E-state index in [1.807, 2.05) is 32.9 Å². The van der Waals surface area contributed by atoms with E-state index in [2.05, 4.69) is 6.07 Å². The Balaban J connectivity index is 2.94. The predicted molar refractivity (Wildman–Crippen MR) is 57.8 cm³/mol. The van der Waals surface area contributed by atoms with Gasteiger partial charge in [0.15, 0.2) is 0 Å². The molecule has 0 aliphatic carbocycles. The smallest absolute Gasteiger partial charge is 0.119 e. The Bertz CT molecular complexity index is 294. The van der Waals surface area contributed by atoms with Gasteiger partial charge in [0.05, 0.1) is 6.61 Å². The van der Waals surface area contributed by atoms with Gasteiger partial charge in [-0.1, -0.05) is 13.0 Å². The molecule has 2 heteroatoms. The Hall–Kier alpha value is -1.02. The van der Waals surface area contributed by atoms with Crippen molar-refractivity contribution < 1.29 is 9.84 Å². The lowest BCUT2D eigenvalue weighted by Crippen LogP contribution is -2.00. The van der Waals surface area contributed by atoms with Crippen LogP contribution in [0.5, 0.6) is 5.75 Å². The second-order valence-electron chi connectivity index (χ2n) is 3.60. The number of hydrogen-bond acceptors (Lipinski definition) is 2. The molecule has 0 radical (unpaired) electrons. The van der Waals surface area contributed by atoms with Crippen molar-refractivity contribution in [3.63, 3.8) is 0 Å². The highest BCUT2D eigenvalue weighted by Gasteiger charge is 2.06. The van der Waals surface area contributed by atoms with Crippen LogP contribution in [0.2, 0.25) is 0 Å². The van der Waals surface area contributed by atoms with Crippen LogP contribution in [0.25, 0.3) is 0 Å². The van der Waals surface area contributed by atoms with E-state index in [-0.39, 0.29) is 12.5 Å². The summed E-state index contributed by atoms with van der Waals surface area (Å²) in [5, 5.41) is 9.06. The highest BCUT2D eigenvalue weighted by molar-refractivity contribution is 5.35. The Morgan fingerprint density at radius 2 is 2.07 bits per heavy atom. The highest BCUT2D eigenvalue weighted by atomic mass is 16.5. The fourth-order valence-corrected chi connectivity index (χ4v) is 1.42. The molecular weight excluding hydrogens is 176 g/mol.